The van der Waals surface area contributed by atoms with Gasteiger partial charge in [0.05, 0.1) is 35.7 Å². The van der Waals surface area contributed by atoms with Gasteiger partial charge in [0, 0.05) is 31.1 Å². The second-order valence-corrected chi connectivity index (χ2v) is 5.69. The Hall–Kier alpha value is -2.87. The van der Waals surface area contributed by atoms with Crippen LogP contribution in [-0.2, 0) is 19.1 Å². The standard InChI is InChI=1S/C18H20N2O6.ClH/c1-5-26-17(21)14-10-19(3)11(2)15(18(22)25-4)16(14)12-7-6-8-13(9-12)20(23)24;/h6-10,16H,5H2,1-4H3;1H. The van der Waals surface area contributed by atoms with Crippen LogP contribution in [0.1, 0.15) is 25.3 Å². The highest BCUT2D eigenvalue weighted by atomic mass is 35.5. The normalized spacial score (nSPS) is 16.2. The Balaban J connectivity index is 0.00000364. The monoisotopic (exact) mass is 396 g/mol. The summed E-state index contributed by atoms with van der Waals surface area (Å²) in [6.07, 6.45) is 1.57. The van der Waals surface area contributed by atoms with Gasteiger partial charge in [-0.05, 0) is 19.4 Å². The van der Waals surface area contributed by atoms with Gasteiger partial charge < -0.3 is 14.4 Å². The molecule has 0 aromatic heterocycles. The third kappa shape index (κ3) is 4.46. The van der Waals surface area contributed by atoms with Crippen molar-refractivity contribution in [1.29, 1.82) is 0 Å². The number of ether oxygens (including phenoxy) is 2. The number of nitro benzene ring substituents is 1. The second kappa shape index (κ2) is 9.18. The van der Waals surface area contributed by atoms with Crippen molar-refractivity contribution in [2.45, 2.75) is 19.8 Å². The van der Waals surface area contributed by atoms with Gasteiger partial charge >= 0.3 is 11.9 Å². The summed E-state index contributed by atoms with van der Waals surface area (Å²) >= 11 is 0. The molecule has 0 bridgehead atoms. The summed E-state index contributed by atoms with van der Waals surface area (Å²) in [7, 11) is 2.94. The van der Waals surface area contributed by atoms with Crippen LogP contribution < -0.4 is 0 Å². The van der Waals surface area contributed by atoms with Crippen LogP contribution >= 0.6 is 12.4 Å². The topological polar surface area (TPSA) is 99.0 Å². The predicted molar refractivity (Wildman–Crippen MR) is 100 cm³/mol. The van der Waals surface area contributed by atoms with E-state index in [4.69, 9.17) is 9.47 Å². The smallest absolute Gasteiger partial charge is 0.336 e. The molecule has 0 saturated heterocycles. The van der Waals surface area contributed by atoms with E-state index in [1.807, 2.05) is 0 Å². The largest absolute Gasteiger partial charge is 0.466 e. The van der Waals surface area contributed by atoms with Gasteiger partial charge in [-0.1, -0.05) is 12.1 Å². The van der Waals surface area contributed by atoms with E-state index >= 15 is 0 Å². The lowest BCUT2D eigenvalue weighted by Gasteiger charge is -2.31. The molecule has 9 heteroatoms. The van der Waals surface area contributed by atoms with Crippen LogP contribution in [0.5, 0.6) is 0 Å². The van der Waals surface area contributed by atoms with Crippen LogP contribution in [0.4, 0.5) is 5.69 Å². The fourth-order valence-corrected chi connectivity index (χ4v) is 2.86. The maximum absolute atomic E-state index is 12.5. The van der Waals surface area contributed by atoms with Crippen LogP contribution in [0.15, 0.2) is 47.3 Å². The van der Waals surface area contributed by atoms with Crippen molar-refractivity contribution >= 4 is 30.0 Å². The SMILES string of the molecule is CCOC(=O)C1=CN(C)C(C)=C(C(=O)OC)C1c1cccc([N+](=O)[O-])c1.Cl. The number of rotatable bonds is 5. The lowest BCUT2D eigenvalue weighted by atomic mass is 9.81. The van der Waals surface area contributed by atoms with Gasteiger partial charge in [-0.3, -0.25) is 10.1 Å². The fraction of sp³-hybridized carbons (Fsp3) is 0.333. The van der Waals surface area contributed by atoms with Gasteiger partial charge in [0.1, 0.15) is 0 Å². The second-order valence-electron chi connectivity index (χ2n) is 5.69. The summed E-state index contributed by atoms with van der Waals surface area (Å²) in [4.78, 5) is 37.1. The maximum atomic E-state index is 12.5. The van der Waals surface area contributed by atoms with E-state index in [0.717, 1.165) is 0 Å². The Kier molecular flexibility index (Phi) is 7.54. The number of hydrogen-bond donors (Lipinski definition) is 0. The summed E-state index contributed by atoms with van der Waals surface area (Å²) in [5.41, 5.74) is 1.33. The van der Waals surface area contributed by atoms with Crippen LogP contribution in [-0.4, -0.2) is 42.5 Å². The number of methoxy groups -OCH3 is 1. The van der Waals surface area contributed by atoms with E-state index in [-0.39, 0.29) is 35.8 Å². The zero-order valence-electron chi connectivity index (χ0n) is 15.4. The number of halogens is 1. The first kappa shape index (κ1) is 22.2. The first-order valence-electron chi connectivity index (χ1n) is 7.96. The van der Waals surface area contributed by atoms with Crippen molar-refractivity contribution in [1.82, 2.24) is 4.90 Å². The minimum atomic E-state index is -0.822. The molecule has 0 saturated carbocycles. The molecule has 1 heterocycles. The molecule has 2 rings (SSSR count). The molecule has 8 nitrogen and oxygen atoms in total. The van der Waals surface area contributed by atoms with E-state index in [1.165, 1.54) is 25.3 Å². The van der Waals surface area contributed by atoms with Gasteiger partial charge in [0.15, 0.2) is 0 Å². The van der Waals surface area contributed by atoms with Crippen molar-refractivity contribution in [2.24, 2.45) is 0 Å². The van der Waals surface area contributed by atoms with Crippen molar-refractivity contribution in [3.63, 3.8) is 0 Å². The molecule has 0 N–H and O–H groups in total. The van der Waals surface area contributed by atoms with E-state index in [9.17, 15) is 19.7 Å². The van der Waals surface area contributed by atoms with Crippen LogP contribution in [0.25, 0.3) is 0 Å². The molecule has 1 atom stereocenters. The van der Waals surface area contributed by atoms with Crippen LogP contribution in [0.2, 0.25) is 0 Å². The molecule has 146 valence electrons. The molecule has 0 spiro atoms. The highest BCUT2D eigenvalue weighted by molar-refractivity contribution is 5.99. The number of nitrogens with zero attached hydrogens (tertiary/aromatic N) is 2. The zero-order chi connectivity index (χ0) is 19.4. The zero-order valence-corrected chi connectivity index (χ0v) is 16.2. The number of non-ortho nitro benzene ring substituents is 1. The number of hydrogen-bond acceptors (Lipinski definition) is 7. The number of nitro groups is 1. The predicted octanol–water partition coefficient (Wildman–Crippen LogP) is 2.94. The number of carbonyl (C=O) groups excluding carboxylic acids is 2. The van der Waals surface area contributed by atoms with Crippen molar-refractivity contribution in [2.75, 3.05) is 20.8 Å². The average Bonchev–Trinajstić information content (AvgIpc) is 2.63. The number of allylic oxidation sites excluding steroid dienone is 1. The Bertz CT molecular complexity index is 818. The third-order valence-corrected chi connectivity index (χ3v) is 4.18. The summed E-state index contributed by atoms with van der Waals surface area (Å²) in [5.74, 6) is -2.02. The molecular weight excluding hydrogens is 376 g/mol. The Labute approximate surface area is 163 Å². The molecule has 0 fully saturated rings. The van der Waals surface area contributed by atoms with Gasteiger partial charge in [0.25, 0.3) is 5.69 Å². The van der Waals surface area contributed by atoms with Gasteiger partial charge in [-0.25, -0.2) is 9.59 Å². The van der Waals surface area contributed by atoms with Gasteiger partial charge in [-0.15, -0.1) is 12.4 Å². The van der Waals surface area contributed by atoms with Gasteiger partial charge in [-0.2, -0.15) is 0 Å². The quantitative estimate of drug-likeness (QED) is 0.428. The first-order valence-corrected chi connectivity index (χ1v) is 7.96. The van der Waals surface area contributed by atoms with Crippen molar-refractivity contribution in [3.05, 3.63) is 63.0 Å². The number of esters is 2. The summed E-state index contributed by atoms with van der Waals surface area (Å²) < 4.78 is 10.0. The molecular formula is C18H21ClN2O6. The maximum Gasteiger partial charge on any atom is 0.336 e. The highest BCUT2D eigenvalue weighted by Gasteiger charge is 2.37. The molecule has 0 radical (unpaired) electrons. The number of carbonyl (C=O) groups is 2. The average molecular weight is 397 g/mol. The molecule has 1 aliphatic heterocycles. The van der Waals surface area contributed by atoms with Crippen LogP contribution in [0.3, 0.4) is 0 Å². The van der Waals surface area contributed by atoms with Crippen molar-refractivity contribution < 1.29 is 24.0 Å². The van der Waals surface area contributed by atoms with E-state index in [1.54, 1.807) is 38.1 Å². The minimum absolute atomic E-state index is 0. The molecule has 27 heavy (non-hydrogen) atoms. The summed E-state index contributed by atoms with van der Waals surface area (Å²) in [6.45, 7) is 3.56. The Morgan fingerprint density at radius 2 is 1.96 bits per heavy atom. The fourth-order valence-electron chi connectivity index (χ4n) is 2.86. The molecule has 1 unspecified atom stereocenters. The van der Waals surface area contributed by atoms with E-state index in [2.05, 4.69) is 0 Å². The molecule has 0 amide bonds. The molecule has 1 aliphatic rings. The molecule has 1 aromatic rings. The number of benzene rings is 1. The Morgan fingerprint density at radius 3 is 2.52 bits per heavy atom. The Morgan fingerprint density at radius 1 is 1.30 bits per heavy atom. The molecule has 1 aromatic carbocycles. The van der Waals surface area contributed by atoms with Crippen LogP contribution in [0, 0.1) is 10.1 Å². The third-order valence-electron chi connectivity index (χ3n) is 4.18. The molecule has 0 aliphatic carbocycles. The minimum Gasteiger partial charge on any atom is -0.466 e. The lowest BCUT2D eigenvalue weighted by molar-refractivity contribution is -0.384. The lowest BCUT2D eigenvalue weighted by Crippen LogP contribution is -2.30. The van der Waals surface area contributed by atoms with E-state index < -0.39 is 22.8 Å². The first-order chi connectivity index (χ1) is 12.3. The summed E-state index contributed by atoms with van der Waals surface area (Å²) in [5, 5.41) is 11.1. The van der Waals surface area contributed by atoms with Gasteiger partial charge in [0.2, 0.25) is 0 Å². The highest BCUT2D eigenvalue weighted by Crippen LogP contribution is 2.40. The van der Waals surface area contributed by atoms with E-state index in [0.29, 0.717) is 11.3 Å². The van der Waals surface area contributed by atoms with Crippen molar-refractivity contribution in [3.8, 4) is 0 Å². The summed E-state index contributed by atoms with van der Waals surface area (Å²) in [6, 6.07) is 5.84.